The van der Waals surface area contributed by atoms with E-state index in [1.54, 1.807) is 0 Å². The second kappa shape index (κ2) is 3.82. The summed E-state index contributed by atoms with van der Waals surface area (Å²) in [6, 6.07) is 1.46. The molecule has 82 valence electrons. The SMILES string of the molecule is CCC1CNC2(C)CC(CC)NC2C1. The standard InChI is InChI=1S/C12H24N2/c1-4-9-6-11-12(3,13-8-9)7-10(5-2)14-11/h9-11,13-14H,4-8H2,1-3H3. The maximum Gasteiger partial charge on any atom is 0.0321 e. The average molecular weight is 196 g/mol. The summed E-state index contributed by atoms with van der Waals surface area (Å²) < 4.78 is 0. The lowest BCUT2D eigenvalue weighted by Crippen LogP contribution is -2.57. The quantitative estimate of drug-likeness (QED) is 0.705. The molecule has 0 aliphatic carbocycles. The topological polar surface area (TPSA) is 24.1 Å². The Morgan fingerprint density at radius 3 is 2.71 bits per heavy atom. The number of piperidine rings is 1. The Kier molecular flexibility index (Phi) is 2.85. The number of rotatable bonds is 2. The van der Waals surface area contributed by atoms with E-state index in [1.807, 2.05) is 0 Å². The Morgan fingerprint density at radius 1 is 1.29 bits per heavy atom. The van der Waals surface area contributed by atoms with Gasteiger partial charge in [0.15, 0.2) is 0 Å². The Labute approximate surface area is 87.8 Å². The van der Waals surface area contributed by atoms with E-state index in [0.29, 0.717) is 11.6 Å². The minimum atomic E-state index is 0.381. The third kappa shape index (κ3) is 1.70. The van der Waals surface area contributed by atoms with E-state index in [-0.39, 0.29) is 0 Å². The molecule has 0 aromatic carbocycles. The normalized spacial score (nSPS) is 47.8. The average Bonchev–Trinajstić information content (AvgIpc) is 2.53. The van der Waals surface area contributed by atoms with Gasteiger partial charge in [-0.15, -0.1) is 0 Å². The predicted molar refractivity (Wildman–Crippen MR) is 60.4 cm³/mol. The van der Waals surface area contributed by atoms with Crippen molar-refractivity contribution in [3.8, 4) is 0 Å². The van der Waals surface area contributed by atoms with Gasteiger partial charge in [-0.25, -0.2) is 0 Å². The summed E-state index contributed by atoms with van der Waals surface area (Å²) in [6.45, 7) is 8.21. The Bertz CT molecular complexity index is 204. The van der Waals surface area contributed by atoms with Gasteiger partial charge in [0.1, 0.15) is 0 Å². The number of hydrogen-bond acceptors (Lipinski definition) is 2. The molecule has 2 saturated heterocycles. The molecule has 0 radical (unpaired) electrons. The molecule has 4 atom stereocenters. The lowest BCUT2D eigenvalue weighted by Gasteiger charge is -2.40. The molecule has 0 spiro atoms. The van der Waals surface area contributed by atoms with Crippen molar-refractivity contribution in [2.45, 2.75) is 64.1 Å². The van der Waals surface area contributed by atoms with Crippen LogP contribution < -0.4 is 10.6 Å². The Morgan fingerprint density at radius 2 is 2.07 bits per heavy atom. The van der Waals surface area contributed by atoms with Gasteiger partial charge < -0.3 is 10.6 Å². The summed E-state index contributed by atoms with van der Waals surface area (Å²) in [6.07, 6.45) is 5.27. The van der Waals surface area contributed by atoms with Gasteiger partial charge in [-0.05, 0) is 38.6 Å². The molecule has 0 saturated carbocycles. The molecule has 2 rings (SSSR count). The fourth-order valence-corrected chi connectivity index (χ4v) is 3.07. The van der Waals surface area contributed by atoms with Crippen LogP contribution >= 0.6 is 0 Å². The molecule has 2 heterocycles. The molecule has 4 unspecified atom stereocenters. The minimum absolute atomic E-state index is 0.381. The molecule has 0 aromatic heterocycles. The van der Waals surface area contributed by atoms with E-state index >= 15 is 0 Å². The van der Waals surface area contributed by atoms with Crippen LogP contribution in [0.4, 0.5) is 0 Å². The van der Waals surface area contributed by atoms with Crippen molar-refractivity contribution in [2.24, 2.45) is 5.92 Å². The first kappa shape index (κ1) is 10.4. The van der Waals surface area contributed by atoms with E-state index in [2.05, 4.69) is 31.4 Å². The van der Waals surface area contributed by atoms with Crippen LogP contribution in [0.3, 0.4) is 0 Å². The highest BCUT2D eigenvalue weighted by Gasteiger charge is 2.45. The molecule has 2 fully saturated rings. The van der Waals surface area contributed by atoms with Crippen LogP contribution in [0.5, 0.6) is 0 Å². The number of hydrogen-bond donors (Lipinski definition) is 2. The summed E-state index contributed by atoms with van der Waals surface area (Å²) in [5, 5.41) is 7.55. The molecule has 0 aromatic rings. The van der Waals surface area contributed by atoms with Gasteiger partial charge in [-0.1, -0.05) is 20.3 Å². The fourth-order valence-electron chi connectivity index (χ4n) is 3.07. The molecule has 14 heavy (non-hydrogen) atoms. The van der Waals surface area contributed by atoms with Crippen LogP contribution in [0.2, 0.25) is 0 Å². The smallest absolute Gasteiger partial charge is 0.0321 e. The van der Waals surface area contributed by atoms with Crippen molar-refractivity contribution >= 4 is 0 Å². The second-order valence-corrected chi connectivity index (χ2v) is 5.34. The molecule has 0 bridgehead atoms. The van der Waals surface area contributed by atoms with Crippen LogP contribution in [0.1, 0.15) is 46.5 Å². The highest BCUT2D eigenvalue weighted by atomic mass is 15.1. The van der Waals surface area contributed by atoms with E-state index in [1.165, 1.54) is 32.2 Å². The van der Waals surface area contributed by atoms with Crippen LogP contribution in [0.15, 0.2) is 0 Å². The van der Waals surface area contributed by atoms with Crippen molar-refractivity contribution in [3.63, 3.8) is 0 Å². The van der Waals surface area contributed by atoms with Crippen LogP contribution in [-0.2, 0) is 0 Å². The lowest BCUT2D eigenvalue weighted by molar-refractivity contribution is 0.199. The van der Waals surface area contributed by atoms with Crippen molar-refractivity contribution in [1.82, 2.24) is 10.6 Å². The highest BCUT2D eigenvalue weighted by Crippen LogP contribution is 2.34. The van der Waals surface area contributed by atoms with Gasteiger partial charge in [0.05, 0.1) is 0 Å². The third-order valence-electron chi connectivity index (χ3n) is 4.31. The van der Waals surface area contributed by atoms with Gasteiger partial charge in [0.2, 0.25) is 0 Å². The van der Waals surface area contributed by atoms with Gasteiger partial charge in [-0.2, -0.15) is 0 Å². The first-order valence-corrected chi connectivity index (χ1v) is 6.19. The number of fused-ring (bicyclic) bond motifs is 1. The summed E-state index contributed by atoms with van der Waals surface area (Å²) in [5.74, 6) is 0.885. The van der Waals surface area contributed by atoms with E-state index in [0.717, 1.165) is 12.0 Å². The summed E-state index contributed by atoms with van der Waals surface area (Å²) in [7, 11) is 0. The van der Waals surface area contributed by atoms with Crippen molar-refractivity contribution in [1.29, 1.82) is 0 Å². The first-order chi connectivity index (χ1) is 6.68. The predicted octanol–water partition coefficient (Wildman–Crippen LogP) is 1.91. The van der Waals surface area contributed by atoms with Crippen LogP contribution in [0.25, 0.3) is 0 Å². The van der Waals surface area contributed by atoms with Gasteiger partial charge >= 0.3 is 0 Å². The molecule has 0 amide bonds. The van der Waals surface area contributed by atoms with Gasteiger partial charge in [-0.3, -0.25) is 0 Å². The molecule has 2 nitrogen and oxygen atoms in total. The number of nitrogens with one attached hydrogen (secondary N) is 2. The maximum atomic E-state index is 3.78. The molecule has 2 aliphatic heterocycles. The molecule has 2 heteroatoms. The maximum absolute atomic E-state index is 3.78. The third-order valence-corrected chi connectivity index (χ3v) is 4.31. The zero-order valence-corrected chi connectivity index (χ0v) is 9.77. The zero-order chi connectivity index (χ0) is 10.2. The van der Waals surface area contributed by atoms with Crippen molar-refractivity contribution in [3.05, 3.63) is 0 Å². The lowest BCUT2D eigenvalue weighted by atomic mass is 9.80. The van der Waals surface area contributed by atoms with Gasteiger partial charge in [0, 0.05) is 17.6 Å². The molecule has 2 N–H and O–H groups in total. The minimum Gasteiger partial charge on any atom is -0.310 e. The Balaban J connectivity index is 2.02. The fraction of sp³-hybridized carbons (Fsp3) is 1.00. The van der Waals surface area contributed by atoms with Crippen LogP contribution in [-0.4, -0.2) is 24.2 Å². The molecular formula is C12H24N2. The van der Waals surface area contributed by atoms with Gasteiger partial charge in [0.25, 0.3) is 0 Å². The largest absolute Gasteiger partial charge is 0.310 e. The summed E-state index contributed by atoms with van der Waals surface area (Å²) in [4.78, 5) is 0. The molecular weight excluding hydrogens is 172 g/mol. The Hall–Kier alpha value is -0.0800. The molecule has 2 aliphatic rings. The van der Waals surface area contributed by atoms with E-state index in [4.69, 9.17) is 0 Å². The zero-order valence-electron chi connectivity index (χ0n) is 9.77. The van der Waals surface area contributed by atoms with Crippen molar-refractivity contribution in [2.75, 3.05) is 6.54 Å². The van der Waals surface area contributed by atoms with E-state index in [9.17, 15) is 0 Å². The first-order valence-electron chi connectivity index (χ1n) is 6.19. The summed E-state index contributed by atoms with van der Waals surface area (Å²) in [5.41, 5.74) is 0.381. The summed E-state index contributed by atoms with van der Waals surface area (Å²) >= 11 is 0. The van der Waals surface area contributed by atoms with Crippen LogP contribution in [0, 0.1) is 5.92 Å². The van der Waals surface area contributed by atoms with E-state index < -0.39 is 0 Å². The second-order valence-electron chi connectivity index (χ2n) is 5.34. The highest BCUT2D eigenvalue weighted by molar-refractivity contribution is 5.08. The monoisotopic (exact) mass is 196 g/mol. The van der Waals surface area contributed by atoms with Crippen molar-refractivity contribution < 1.29 is 0 Å².